The fraction of sp³-hybridized carbons (Fsp3) is 0.476. The van der Waals surface area contributed by atoms with Crippen molar-refractivity contribution < 1.29 is 4.74 Å². The first-order chi connectivity index (χ1) is 11.8. The molecule has 0 bridgehead atoms. The van der Waals surface area contributed by atoms with Crippen LogP contribution in [0.3, 0.4) is 0 Å². The van der Waals surface area contributed by atoms with E-state index in [4.69, 9.17) is 4.74 Å². The molecule has 0 atom stereocenters. The van der Waals surface area contributed by atoms with Gasteiger partial charge in [-0.05, 0) is 56.3 Å². The maximum atomic E-state index is 5.37. The molecule has 0 unspecified atom stereocenters. The fourth-order valence-corrected chi connectivity index (χ4v) is 3.64. The van der Waals surface area contributed by atoms with Gasteiger partial charge in [0.1, 0.15) is 0 Å². The van der Waals surface area contributed by atoms with E-state index in [9.17, 15) is 0 Å². The van der Waals surface area contributed by atoms with E-state index in [-0.39, 0.29) is 0 Å². The molecule has 3 rings (SSSR count). The number of benzene rings is 1. The van der Waals surface area contributed by atoms with Crippen molar-refractivity contribution in [3.63, 3.8) is 0 Å². The number of aromatic nitrogens is 1. The second-order valence-corrected chi connectivity index (χ2v) is 6.77. The molecule has 1 saturated heterocycles. The summed E-state index contributed by atoms with van der Waals surface area (Å²) >= 11 is 0. The highest BCUT2D eigenvalue weighted by molar-refractivity contribution is 5.25. The molecular formula is C21H28N2O. The van der Waals surface area contributed by atoms with E-state index in [1.54, 1.807) is 13.3 Å². The van der Waals surface area contributed by atoms with Crippen LogP contribution in [0.25, 0.3) is 0 Å². The van der Waals surface area contributed by atoms with Crippen LogP contribution in [-0.4, -0.2) is 30.1 Å². The minimum absolute atomic E-state index is 0.766. The topological polar surface area (TPSA) is 25.4 Å². The zero-order chi connectivity index (χ0) is 16.6. The van der Waals surface area contributed by atoms with Gasteiger partial charge in [0, 0.05) is 18.3 Å². The normalized spacial score (nSPS) is 16.2. The zero-order valence-electron chi connectivity index (χ0n) is 14.7. The molecule has 0 aliphatic carbocycles. The number of nitrogens with zero attached hydrogens (tertiary/aromatic N) is 2. The predicted octanol–water partition coefficient (Wildman–Crippen LogP) is 4.33. The molecule has 0 radical (unpaired) electrons. The Balaban J connectivity index is 1.39. The summed E-state index contributed by atoms with van der Waals surface area (Å²) in [6, 6.07) is 15.0. The minimum atomic E-state index is 0.766. The van der Waals surface area contributed by atoms with Crippen LogP contribution < -0.4 is 4.74 Å². The Bertz CT molecular complexity index is 606. The summed E-state index contributed by atoms with van der Waals surface area (Å²) in [6.45, 7) is 3.33. The zero-order valence-corrected chi connectivity index (χ0v) is 14.7. The van der Waals surface area contributed by atoms with Gasteiger partial charge in [-0.3, -0.25) is 4.90 Å². The molecule has 0 saturated carbocycles. The first-order valence-electron chi connectivity index (χ1n) is 9.09. The van der Waals surface area contributed by atoms with Crippen LogP contribution in [0.15, 0.2) is 48.7 Å². The highest BCUT2D eigenvalue weighted by Gasteiger charge is 2.20. The molecule has 2 heterocycles. The van der Waals surface area contributed by atoms with Crippen LogP contribution in [0, 0.1) is 5.92 Å². The second kappa shape index (κ2) is 8.84. The van der Waals surface area contributed by atoms with E-state index < -0.39 is 0 Å². The summed E-state index contributed by atoms with van der Waals surface area (Å²) < 4.78 is 5.37. The monoisotopic (exact) mass is 324 g/mol. The largest absolute Gasteiger partial charge is 0.481 e. The van der Waals surface area contributed by atoms with Gasteiger partial charge in [0.05, 0.1) is 7.11 Å². The SMILES string of the molecule is COc1ncccc1CN1CCC(CCCc2ccccc2)CC1. The van der Waals surface area contributed by atoms with Gasteiger partial charge in [0.25, 0.3) is 0 Å². The summed E-state index contributed by atoms with van der Waals surface area (Å²) in [7, 11) is 1.70. The molecule has 1 aromatic carbocycles. The Labute approximate surface area is 145 Å². The maximum absolute atomic E-state index is 5.37. The van der Waals surface area contributed by atoms with Crippen molar-refractivity contribution >= 4 is 0 Å². The molecular weight excluding hydrogens is 296 g/mol. The molecule has 3 heteroatoms. The number of likely N-dealkylation sites (tertiary alicyclic amines) is 1. The molecule has 128 valence electrons. The van der Waals surface area contributed by atoms with Gasteiger partial charge in [-0.1, -0.05) is 42.8 Å². The van der Waals surface area contributed by atoms with Gasteiger partial charge >= 0.3 is 0 Å². The van der Waals surface area contributed by atoms with Gasteiger partial charge in [0.2, 0.25) is 5.88 Å². The van der Waals surface area contributed by atoms with Crippen molar-refractivity contribution in [3.05, 3.63) is 59.8 Å². The number of hydrogen-bond donors (Lipinski definition) is 0. The predicted molar refractivity (Wildman–Crippen MR) is 98.2 cm³/mol. The van der Waals surface area contributed by atoms with Crippen LogP contribution in [0.1, 0.15) is 36.8 Å². The number of ether oxygens (including phenoxy) is 1. The fourth-order valence-electron chi connectivity index (χ4n) is 3.64. The molecule has 1 fully saturated rings. The summed E-state index contributed by atoms with van der Waals surface area (Å²) in [6.07, 6.45) is 8.31. The summed E-state index contributed by atoms with van der Waals surface area (Å²) in [4.78, 5) is 6.83. The average Bonchev–Trinajstić information content (AvgIpc) is 2.64. The molecule has 0 N–H and O–H groups in total. The van der Waals surface area contributed by atoms with Crippen molar-refractivity contribution in [3.8, 4) is 5.88 Å². The van der Waals surface area contributed by atoms with Crippen molar-refractivity contribution in [2.75, 3.05) is 20.2 Å². The summed E-state index contributed by atoms with van der Waals surface area (Å²) in [5.74, 6) is 1.66. The number of methoxy groups -OCH3 is 1. The number of rotatable bonds is 7. The third kappa shape index (κ3) is 4.81. The highest BCUT2D eigenvalue weighted by Crippen LogP contribution is 2.25. The van der Waals surface area contributed by atoms with Crippen molar-refractivity contribution in [1.29, 1.82) is 0 Å². The number of pyridine rings is 1. The van der Waals surface area contributed by atoms with Crippen LogP contribution in [-0.2, 0) is 13.0 Å². The van der Waals surface area contributed by atoms with Crippen LogP contribution in [0.5, 0.6) is 5.88 Å². The van der Waals surface area contributed by atoms with Crippen LogP contribution in [0.4, 0.5) is 0 Å². The average molecular weight is 324 g/mol. The third-order valence-corrected chi connectivity index (χ3v) is 5.07. The van der Waals surface area contributed by atoms with Gasteiger partial charge in [-0.25, -0.2) is 4.98 Å². The molecule has 1 aliphatic heterocycles. The van der Waals surface area contributed by atoms with E-state index in [1.807, 2.05) is 6.07 Å². The molecule has 1 aliphatic rings. The van der Waals surface area contributed by atoms with Crippen molar-refractivity contribution in [2.45, 2.75) is 38.6 Å². The molecule has 0 spiro atoms. The second-order valence-electron chi connectivity index (χ2n) is 6.77. The molecule has 2 aromatic rings. The standard InChI is InChI=1S/C21H28N2O/c1-24-21-20(11-6-14-22-21)17-23-15-12-19(13-16-23)10-5-9-18-7-3-2-4-8-18/h2-4,6-8,11,14,19H,5,9-10,12-13,15-17H2,1H3. The lowest BCUT2D eigenvalue weighted by molar-refractivity contribution is 0.169. The Morgan fingerprint density at radius 2 is 1.88 bits per heavy atom. The molecule has 1 aromatic heterocycles. The number of piperidine rings is 1. The molecule has 0 amide bonds. The maximum Gasteiger partial charge on any atom is 0.217 e. The lowest BCUT2D eigenvalue weighted by Gasteiger charge is -2.32. The Morgan fingerprint density at radius 3 is 2.62 bits per heavy atom. The van der Waals surface area contributed by atoms with Crippen LogP contribution >= 0.6 is 0 Å². The number of aryl methyl sites for hydroxylation is 1. The van der Waals surface area contributed by atoms with Gasteiger partial charge < -0.3 is 4.74 Å². The lowest BCUT2D eigenvalue weighted by atomic mass is 9.90. The summed E-state index contributed by atoms with van der Waals surface area (Å²) in [5.41, 5.74) is 2.67. The smallest absolute Gasteiger partial charge is 0.217 e. The van der Waals surface area contributed by atoms with E-state index in [0.717, 1.165) is 18.3 Å². The van der Waals surface area contributed by atoms with Crippen LogP contribution in [0.2, 0.25) is 0 Å². The number of hydrogen-bond acceptors (Lipinski definition) is 3. The first kappa shape index (κ1) is 17.0. The Hall–Kier alpha value is -1.87. The quantitative estimate of drug-likeness (QED) is 0.758. The molecule has 24 heavy (non-hydrogen) atoms. The third-order valence-electron chi connectivity index (χ3n) is 5.07. The highest BCUT2D eigenvalue weighted by atomic mass is 16.5. The van der Waals surface area contributed by atoms with E-state index in [0.29, 0.717) is 0 Å². The Kier molecular flexibility index (Phi) is 6.25. The van der Waals surface area contributed by atoms with Gasteiger partial charge in [-0.15, -0.1) is 0 Å². The minimum Gasteiger partial charge on any atom is -0.481 e. The van der Waals surface area contributed by atoms with Crippen molar-refractivity contribution in [1.82, 2.24) is 9.88 Å². The van der Waals surface area contributed by atoms with E-state index in [1.165, 1.54) is 56.3 Å². The van der Waals surface area contributed by atoms with Gasteiger partial charge in [0.15, 0.2) is 0 Å². The van der Waals surface area contributed by atoms with Gasteiger partial charge in [-0.2, -0.15) is 0 Å². The first-order valence-corrected chi connectivity index (χ1v) is 9.09. The molecule has 3 nitrogen and oxygen atoms in total. The van der Waals surface area contributed by atoms with E-state index >= 15 is 0 Å². The lowest BCUT2D eigenvalue weighted by Crippen LogP contribution is -2.33. The summed E-state index contributed by atoms with van der Waals surface area (Å²) in [5, 5.41) is 0. The van der Waals surface area contributed by atoms with Crippen molar-refractivity contribution in [2.24, 2.45) is 5.92 Å². The Morgan fingerprint density at radius 1 is 1.08 bits per heavy atom. The van der Waals surface area contributed by atoms with E-state index in [2.05, 4.69) is 46.3 Å².